The standard InChI is InChI=1S/C9H4BrF3N2O2/c10-6-2-4(7(16)17)1-5(3-6)8(14-15-8)9(11,12)13/h1-3H,(H,16,17). The first-order valence-electron chi connectivity index (χ1n) is 4.31. The van der Waals surface area contributed by atoms with Crippen LogP contribution in [0.2, 0.25) is 0 Å². The van der Waals surface area contributed by atoms with Crippen molar-refractivity contribution in [1.29, 1.82) is 0 Å². The lowest BCUT2D eigenvalue weighted by Crippen LogP contribution is -2.30. The maximum absolute atomic E-state index is 12.7. The Balaban J connectivity index is 2.51. The fourth-order valence-electron chi connectivity index (χ4n) is 1.36. The molecule has 1 heterocycles. The zero-order valence-corrected chi connectivity index (χ0v) is 9.58. The highest BCUT2D eigenvalue weighted by atomic mass is 79.9. The smallest absolute Gasteiger partial charge is 0.442 e. The van der Waals surface area contributed by atoms with E-state index in [9.17, 15) is 18.0 Å². The third kappa shape index (κ3) is 1.92. The predicted octanol–water partition coefficient (Wildman–Crippen LogP) is 3.33. The Labute approximate surface area is 101 Å². The van der Waals surface area contributed by atoms with E-state index in [1.54, 1.807) is 0 Å². The van der Waals surface area contributed by atoms with E-state index in [1.807, 2.05) is 0 Å². The number of aromatic carboxylic acids is 1. The minimum absolute atomic E-state index is 0.230. The second-order valence-electron chi connectivity index (χ2n) is 3.40. The third-order valence-corrected chi connectivity index (χ3v) is 2.70. The van der Waals surface area contributed by atoms with E-state index in [0.717, 1.165) is 12.1 Å². The molecular weight excluding hydrogens is 305 g/mol. The largest absolute Gasteiger partial charge is 0.478 e. The van der Waals surface area contributed by atoms with Gasteiger partial charge in [-0.15, -0.1) is 10.2 Å². The van der Waals surface area contributed by atoms with E-state index in [4.69, 9.17) is 5.11 Å². The maximum atomic E-state index is 12.7. The van der Waals surface area contributed by atoms with Crippen LogP contribution in [0.4, 0.5) is 13.2 Å². The zero-order valence-electron chi connectivity index (χ0n) is 7.99. The number of benzene rings is 1. The van der Waals surface area contributed by atoms with Crippen LogP contribution in [0.15, 0.2) is 32.9 Å². The van der Waals surface area contributed by atoms with Crippen LogP contribution in [0, 0.1) is 0 Å². The summed E-state index contributed by atoms with van der Waals surface area (Å²) in [5.41, 5.74) is -3.16. The van der Waals surface area contributed by atoms with Crippen molar-refractivity contribution in [2.45, 2.75) is 11.8 Å². The Bertz CT molecular complexity index is 521. The average Bonchev–Trinajstić information content (AvgIpc) is 2.95. The molecular formula is C9H4BrF3N2O2. The lowest BCUT2D eigenvalue weighted by molar-refractivity contribution is -0.166. The van der Waals surface area contributed by atoms with Gasteiger partial charge >= 0.3 is 17.8 Å². The number of hydrogen-bond acceptors (Lipinski definition) is 3. The Kier molecular flexibility index (Phi) is 2.49. The molecule has 1 aromatic carbocycles. The Morgan fingerprint density at radius 1 is 1.29 bits per heavy atom. The summed E-state index contributed by atoms with van der Waals surface area (Å²) >= 11 is 2.95. The Hall–Kier alpha value is -1.44. The molecule has 0 aliphatic carbocycles. The van der Waals surface area contributed by atoms with E-state index in [-0.39, 0.29) is 15.6 Å². The third-order valence-electron chi connectivity index (χ3n) is 2.24. The van der Waals surface area contributed by atoms with Crippen LogP contribution in [0.5, 0.6) is 0 Å². The lowest BCUT2D eigenvalue weighted by Gasteiger charge is -2.15. The summed E-state index contributed by atoms with van der Waals surface area (Å²) in [6, 6.07) is 3.28. The second-order valence-corrected chi connectivity index (χ2v) is 4.32. The second kappa shape index (κ2) is 3.52. The fraction of sp³-hybridized carbons (Fsp3) is 0.222. The van der Waals surface area contributed by atoms with E-state index >= 15 is 0 Å². The molecule has 8 heteroatoms. The highest BCUT2D eigenvalue weighted by Gasteiger charge is 2.65. The van der Waals surface area contributed by atoms with Gasteiger partial charge in [0.05, 0.1) is 5.56 Å². The molecule has 0 fully saturated rings. The van der Waals surface area contributed by atoms with Crippen LogP contribution in [-0.4, -0.2) is 17.3 Å². The molecule has 17 heavy (non-hydrogen) atoms. The van der Waals surface area contributed by atoms with Crippen LogP contribution in [0.3, 0.4) is 0 Å². The molecule has 0 radical (unpaired) electrons. The summed E-state index contributed by atoms with van der Waals surface area (Å²) < 4.78 is 38.3. The Morgan fingerprint density at radius 3 is 2.29 bits per heavy atom. The van der Waals surface area contributed by atoms with Gasteiger partial charge in [0.2, 0.25) is 0 Å². The molecule has 0 aromatic heterocycles. The van der Waals surface area contributed by atoms with E-state index in [2.05, 4.69) is 26.2 Å². The summed E-state index contributed by atoms with van der Waals surface area (Å²) in [4.78, 5) is 10.7. The van der Waals surface area contributed by atoms with Gasteiger partial charge in [-0.05, 0) is 18.2 Å². The van der Waals surface area contributed by atoms with Crippen LogP contribution in [0.25, 0.3) is 0 Å². The molecule has 0 atom stereocenters. The van der Waals surface area contributed by atoms with Gasteiger partial charge < -0.3 is 5.11 Å². The molecule has 0 saturated heterocycles. The predicted molar refractivity (Wildman–Crippen MR) is 53.7 cm³/mol. The molecule has 1 aliphatic heterocycles. The topological polar surface area (TPSA) is 62.0 Å². The highest BCUT2D eigenvalue weighted by molar-refractivity contribution is 9.10. The molecule has 4 nitrogen and oxygen atoms in total. The van der Waals surface area contributed by atoms with Gasteiger partial charge in [0, 0.05) is 10.0 Å². The van der Waals surface area contributed by atoms with Crippen LogP contribution in [-0.2, 0) is 5.66 Å². The van der Waals surface area contributed by atoms with Gasteiger partial charge in [-0.3, -0.25) is 0 Å². The van der Waals surface area contributed by atoms with E-state index in [0.29, 0.717) is 0 Å². The molecule has 1 aliphatic rings. The van der Waals surface area contributed by atoms with Crippen LogP contribution < -0.4 is 0 Å². The van der Waals surface area contributed by atoms with Gasteiger partial charge in [-0.2, -0.15) is 13.2 Å². The van der Waals surface area contributed by atoms with E-state index in [1.165, 1.54) is 6.07 Å². The number of nitrogens with zero attached hydrogens (tertiary/aromatic N) is 2. The molecule has 2 rings (SSSR count). The molecule has 0 unspecified atom stereocenters. The first-order chi connectivity index (χ1) is 7.76. The van der Waals surface area contributed by atoms with Crippen molar-refractivity contribution in [2.75, 3.05) is 0 Å². The van der Waals surface area contributed by atoms with Gasteiger partial charge in [0.1, 0.15) is 0 Å². The zero-order chi connectivity index (χ0) is 12.8. The first kappa shape index (κ1) is 12.0. The van der Waals surface area contributed by atoms with Gasteiger partial charge in [-0.1, -0.05) is 15.9 Å². The van der Waals surface area contributed by atoms with Gasteiger partial charge in [-0.25, -0.2) is 4.79 Å². The number of rotatable bonds is 2. The van der Waals surface area contributed by atoms with Gasteiger partial charge in [0.25, 0.3) is 0 Å². The summed E-state index contributed by atoms with van der Waals surface area (Å²) in [5.74, 6) is -1.31. The van der Waals surface area contributed by atoms with Crippen LogP contribution >= 0.6 is 15.9 Å². The summed E-state index contributed by atoms with van der Waals surface area (Å²) in [5, 5.41) is 14.8. The molecule has 0 spiro atoms. The minimum Gasteiger partial charge on any atom is -0.478 e. The van der Waals surface area contributed by atoms with Crippen LogP contribution in [0.1, 0.15) is 15.9 Å². The number of halogens is 4. The van der Waals surface area contributed by atoms with Crippen molar-refractivity contribution in [3.63, 3.8) is 0 Å². The average molecular weight is 309 g/mol. The summed E-state index contributed by atoms with van der Waals surface area (Å²) in [6.45, 7) is 0. The Morgan fingerprint density at radius 2 is 1.88 bits per heavy atom. The van der Waals surface area contributed by atoms with E-state index < -0.39 is 17.8 Å². The summed E-state index contributed by atoms with van der Waals surface area (Å²) in [7, 11) is 0. The molecule has 90 valence electrons. The lowest BCUT2D eigenvalue weighted by atomic mass is 10.0. The SMILES string of the molecule is O=C(O)c1cc(Br)cc(C2(C(F)(F)F)N=N2)c1. The van der Waals surface area contributed by atoms with Crippen molar-refractivity contribution < 1.29 is 23.1 Å². The highest BCUT2D eigenvalue weighted by Crippen LogP contribution is 2.52. The molecule has 0 amide bonds. The number of alkyl halides is 3. The maximum Gasteiger partial charge on any atom is 0.442 e. The summed E-state index contributed by atoms with van der Waals surface area (Å²) in [6.07, 6.45) is -4.66. The quantitative estimate of drug-likeness (QED) is 0.911. The van der Waals surface area contributed by atoms with Crippen molar-refractivity contribution in [1.82, 2.24) is 0 Å². The number of hydrogen-bond donors (Lipinski definition) is 1. The number of carboxylic acid groups (broad SMARTS) is 1. The molecule has 0 bridgehead atoms. The monoisotopic (exact) mass is 308 g/mol. The van der Waals surface area contributed by atoms with Gasteiger partial charge in [0.15, 0.2) is 0 Å². The molecule has 1 aromatic rings. The normalized spacial score (nSPS) is 16.9. The first-order valence-corrected chi connectivity index (χ1v) is 5.11. The number of carbonyl (C=O) groups is 1. The van der Waals surface area contributed by atoms with Crippen molar-refractivity contribution in [3.8, 4) is 0 Å². The molecule has 0 saturated carbocycles. The minimum atomic E-state index is -4.66. The van der Waals surface area contributed by atoms with Crippen molar-refractivity contribution >= 4 is 21.9 Å². The molecule has 1 N–H and O–H groups in total. The number of carboxylic acids is 1. The van der Waals surface area contributed by atoms with Crippen molar-refractivity contribution in [3.05, 3.63) is 33.8 Å². The van der Waals surface area contributed by atoms with Crippen molar-refractivity contribution in [2.24, 2.45) is 10.2 Å². The fourth-order valence-corrected chi connectivity index (χ4v) is 1.85.